The molecule has 0 aromatic carbocycles. The van der Waals surface area contributed by atoms with Crippen LogP contribution in [-0.4, -0.2) is 321 Å². The molecule has 10 N–H and O–H groups in total. The van der Waals surface area contributed by atoms with Gasteiger partial charge in [0.25, 0.3) is 24.5 Å². The Morgan fingerprint density at radius 3 is 1.21 bits per heavy atom. The van der Waals surface area contributed by atoms with Crippen molar-refractivity contribution in [2.24, 2.45) is 0 Å². The summed E-state index contributed by atoms with van der Waals surface area (Å²) in [7, 11) is 2.00. The fourth-order valence-electron chi connectivity index (χ4n) is 11.7. The molecule has 6 aliphatic rings. The number of esters is 3. The van der Waals surface area contributed by atoms with Crippen molar-refractivity contribution < 1.29 is 96.1 Å². The Morgan fingerprint density at radius 2 is 0.908 bits per heavy atom. The van der Waals surface area contributed by atoms with Gasteiger partial charge in [0.05, 0.1) is 38.1 Å². The maximum atomic E-state index is 12.5. The van der Waals surface area contributed by atoms with Crippen LogP contribution in [0, 0.1) is 49.4 Å². The molecule has 11 heterocycles. The van der Waals surface area contributed by atoms with Crippen LogP contribution in [0.5, 0.6) is 0 Å². The summed E-state index contributed by atoms with van der Waals surface area (Å²) in [4.78, 5) is 169. The van der Waals surface area contributed by atoms with Gasteiger partial charge < -0.3 is 87.7 Å². The van der Waals surface area contributed by atoms with E-state index in [1.54, 1.807) is 12.4 Å². The summed E-state index contributed by atoms with van der Waals surface area (Å²) in [6.45, 7) is 7.65. The molecule has 0 amide bonds. The van der Waals surface area contributed by atoms with Gasteiger partial charge in [-0.15, -0.1) is 0 Å². The average molecular weight is 1570 g/mol. The van der Waals surface area contributed by atoms with E-state index in [9.17, 15) is 82.5 Å². The summed E-state index contributed by atoms with van der Waals surface area (Å²) >= 11 is 0. The topological polar surface area (TPSA) is 534 Å². The van der Waals surface area contributed by atoms with Gasteiger partial charge in [-0.1, -0.05) is 35.5 Å². The molecule has 6 aliphatic heterocycles. The second-order valence-electron chi connectivity index (χ2n) is 26.2. The molecule has 44 heteroatoms. The summed E-state index contributed by atoms with van der Waals surface area (Å²) in [6.07, 6.45) is 0.570. The standard InChI is InChI=1S/C23H31N6O9P.C19H27N4O10P.C19H26N4O7.C4H6N2/c1-15-24-6-7-29(15)39(34,35)37-14-19-18(30)11-20(38-19)28-12-16(21(31)25-23(28)33)5-4-10-36-22(32)17-13-26(2)8-9-27(17)3;1-21-5-6-22(2)13(10-21)18(26)31-7-3-4-12-9-23(19(27)20-17(12)25)16-8-14(24)15(33-16)11-32-34(28,29)30;1-21-5-6-22(2)13(10-21)18(27)29-7-3-4-12-9-23(19(28)20-17(12)26)16-8-14(25)15(11-24)30-16;1-4-5-2-3-6-4/h6-7,12,17-20,30H,8-11,13-14H2,1-3H3,(H,34,35)(H,25,31,33);9,13-16,24H,5-8,10-11H2,1-2H3,(H,20,25,27)(H2,28,29,30);9,13-16,24-25H,5-8,10-11H2,1-2H3,(H,20,26,28);2-3H,1H3,(H,5,6)/p-1/t17?,18?,19-,20-;2*13?,14?,15-,16-;/m111./s1. The minimum absolute atomic E-state index is 0.00861. The van der Waals surface area contributed by atoms with E-state index >= 15 is 0 Å². The number of aromatic nitrogens is 10. The normalized spacial score (nSPS) is 25.8. The highest BCUT2D eigenvalue weighted by molar-refractivity contribution is 7.51. The zero-order valence-electron chi connectivity index (χ0n) is 60.8. The van der Waals surface area contributed by atoms with Gasteiger partial charge in [-0.25, -0.2) is 33.3 Å². The molecule has 596 valence electrons. The molecule has 14 atom stereocenters. The highest BCUT2D eigenvalue weighted by atomic mass is 31.2. The minimum atomic E-state index is -5.02. The van der Waals surface area contributed by atoms with Crippen molar-refractivity contribution in [3.8, 4) is 35.5 Å². The maximum Gasteiger partial charge on any atom is 0.437 e. The van der Waals surface area contributed by atoms with Gasteiger partial charge in [0.2, 0.25) is 0 Å². The predicted molar refractivity (Wildman–Crippen MR) is 377 cm³/mol. The van der Waals surface area contributed by atoms with E-state index in [2.05, 4.69) is 70.0 Å². The van der Waals surface area contributed by atoms with Crippen LogP contribution in [0.15, 0.2) is 72.1 Å². The first-order valence-electron chi connectivity index (χ1n) is 34.0. The van der Waals surface area contributed by atoms with Gasteiger partial charge in [-0.3, -0.25) is 81.2 Å². The van der Waals surface area contributed by atoms with E-state index in [-0.39, 0.29) is 80.2 Å². The lowest BCUT2D eigenvalue weighted by molar-refractivity contribution is -0.223. The number of phosphoric acid groups is 1. The summed E-state index contributed by atoms with van der Waals surface area (Å²) in [5, 5.41) is 39.5. The molecule has 0 radical (unpaired) electrons. The van der Waals surface area contributed by atoms with Crippen LogP contribution in [-0.2, 0) is 61.0 Å². The number of phosphoric ester groups is 1. The molecule has 5 aromatic rings. The number of rotatable bonds is 17. The number of piperazine rings is 3. The van der Waals surface area contributed by atoms with Crippen molar-refractivity contribution in [3.05, 3.63) is 134 Å². The number of ether oxygens (including phenoxy) is 6. The second-order valence-corrected chi connectivity index (χ2v) is 29.0. The molecule has 6 fully saturated rings. The smallest absolute Gasteiger partial charge is 0.437 e. The lowest BCUT2D eigenvalue weighted by Crippen LogP contribution is -2.54. The Labute approximate surface area is 621 Å². The maximum absolute atomic E-state index is 12.5. The summed E-state index contributed by atoms with van der Waals surface area (Å²) in [6, 6.07) is -1.21. The van der Waals surface area contributed by atoms with Gasteiger partial charge in [0.15, 0.2) is 19.8 Å². The number of aliphatic hydroxyl groups excluding tert-OH is 4. The van der Waals surface area contributed by atoms with Gasteiger partial charge in [0.1, 0.15) is 83.5 Å². The van der Waals surface area contributed by atoms with E-state index in [0.29, 0.717) is 19.6 Å². The number of hydrogen-bond acceptors (Lipinski definition) is 32. The number of carbonyl (C=O) groups is 3. The lowest BCUT2D eigenvalue weighted by Gasteiger charge is -2.35. The van der Waals surface area contributed by atoms with Crippen molar-refractivity contribution in [3.63, 3.8) is 0 Å². The van der Waals surface area contributed by atoms with Crippen LogP contribution in [0.4, 0.5) is 0 Å². The monoisotopic (exact) mass is 1570 g/mol. The fourth-order valence-corrected chi connectivity index (χ4v) is 13.1. The number of likely N-dealkylation sites (N-methyl/N-ethyl adjacent to an activating group) is 6. The van der Waals surface area contributed by atoms with Crippen LogP contribution in [0.2, 0.25) is 0 Å². The van der Waals surface area contributed by atoms with Crippen LogP contribution in [0.1, 0.15) is 66.3 Å². The van der Waals surface area contributed by atoms with Crippen LogP contribution < -0.4 is 38.6 Å². The molecule has 0 saturated carbocycles. The molecule has 6 saturated heterocycles. The number of hydrogen-bond donors (Lipinski definition) is 10. The number of aryl methyl sites for hydroxylation is 2. The van der Waals surface area contributed by atoms with Crippen LogP contribution in [0.3, 0.4) is 0 Å². The number of aromatic amines is 4. The Kier molecular flexibility index (Phi) is 30.9. The number of aliphatic hydroxyl groups is 4. The Bertz CT molecular complexity index is 4640. The molecular formula is C65H89N16O26P2-. The molecule has 11 rings (SSSR count). The quantitative estimate of drug-likeness (QED) is 0.0179. The number of imidazole rings is 2. The minimum Gasteiger partial charge on any atom is -0.756 e. The Hall–Kier alpha value is -8.71. The molecule has 0 aliphatic carbocycles. The van der Waals surface area contributed by atoms with E-state index in [1.165, 1.54) is 31.7 Å². The summed E-state index contributed by atoms with van der Waals surface area (Å²) in [5.41, 5.74) is -4.71. The van der Waals surface area contributed by atoms with E-state index < -0.39 is 142 Å². The predicted octanol–water partition coefficient (Wildman–Crippen LogP) is -6.67. The first-order chi connectivity index (χ1) is 51.6. The Balaban J connectivity index is 0.000000199. The fraction of sp³-hybridized carbons (Fsp3) is 0.585. The SMILES string of the molecule is CN1CCN(C)C(C(=O)OCC#Cc2cn([C@H]3CC(O)[C@@H](CO)O3)c(=O)[nH]c2=O)C1.CN1CCN(C)C(C(=O)OCC#Cc2cn([C@H]3CC(O)[C@@H](COP(=O)([O-])O)O3)c(=O)[nH]c2=O)C1.Cc1ncc[nH]1.Cc1nccn1P(=O)(O)OC[C@H]1O[C@@H](n2cc(C#CCOC(=O)C3CN(C)CCN3C)c(=O)[nH]c2=O)CC1O. The van der Waals surface area contributed by atoms with Crippen LogP contribution >= 0.6 is 15.6 Å². The lowest BCUT2D eigenvalue weighted by atomic mass is 10.2. The molecule has 109 heavy (non-hydrogen) atoms. The second kappa shape index (κ2) is 39.3. The highest BCUT2D eigenvalue weighted by Gasteiger charge is 2.41. The van der Waals surface area contributed by atoms with Gasteiger partial charge in [-0.2, -0.15) is 0 Å². The summed E-state index contributed by atoms with van der Waals surface area (Å²) in [5.74, 6) is 15.5. The number of carbonyl (C=O) groups excluding carboxylic acids is 3. The molecule has 42 nitrogen and oxygen atoms in total. The molecule has 0 spiro atoms. The third-order valence-electron chi connectivity index (χ3n) is 18.0. The molecule has 0 bridgehead atoms. The van der Waals surface area contributed by atoms with Crippen molar-refractivity contribution >= 4 is 33.5 Å². The van der Waals surface area contributed by atoms with E-state index in [0.717, 1.165) is 69.3 Å². The third kappa shape index (κ3) is 24.4. The average Bonchev–Trinajstić information content (AvgIpc) is 1.75. The largest absolute Gasteiger partial charge is 0.756 e. The molecule has 5 aromatic heterocycles. The van der Waals surface area contributed by atoms with Crippen molar-refractivity contribution in [1.29, 1.82) is 0 Å². The van der Waals surface area contributed by atoms with Crippen molar-refractivity contribution in [1.82, 2.24) is 77.3 Å². The molecular weight excluding hydrogens is 1480 g/mol. The Morgan fingerprint density at radius 1 is 0.550 bits per heavy atom. The van der Waals surface area contributed by atoms with Crippen molar-refractivity contribution in [2.45, 2.75) is 107 Å². The van der Waals surface area contributed by atoms with Crippen molar-refractivity contribution in [2.75, 3.05) is 141 Å². The molecule has 8 unspecified atom stereocenters. The van der Waals surface area contributed by atoms with E-state index in [1.807, 2.05) is 78.6 Å². The zero-order valence-corrected chi connectivity index (χ0v) is 62.6. The van der Waals surface area contributed by atoms with Gasteiger partial charge in [-0.05, 0) is 56.1 Å². The first-order valence-corrected chi connectivity index (χ1v) is 37.1. The third-order valence-corrected chi connectivity index (χ3v) is 20.0. The number of nitrogens with zero attached hydrogens (tertiary/aromatic N) is 12. The van der Waals surface area contributed by atoms with Gasteiger partial charge >= 0.3 is 42.7 Å². The number of nitrogens with one attached hydrogen (secondary N) is 4. The zero-order chi connectivity index (χ0) is 79.6. The summed E-state index contributed by atoms with van der Waals surface area (Å²) < 4.78 is 69.0. The number of H-pyrrole nitrogens is 4. The highest BCUT2D eigenvalue weighted by Crippen LogP contribution is 2.45. The van der Waals surface area contributed by atoms with Gasteiger partial charge in [0, 0.05) is 122 Å². The van der Waals surface area contributed by atoms with E-state index in [4.69, 9.17) is 37.8 Å². The van der Waals surface area contributed by atoms with Crippen LogP contribution in [0.25, 0.3) is 0 Å². The first kappa shape index (κ1) is 85.9.